The van der Waals surface area contributed by atoms with Crippen LogP contribution in [0.2, 0.25) is 0 Å². The molecular weight excluding hydrogens is 230 g/mol. The molecule has 0 aliphatic rings. The number of amides is 2. The van der Waals surface area contributed by atoms with Gasteiger partial charge < -0.3 is 10.6 Å². The van der Waals surface area contributed by atoms with E-state index in [1.165, 1.54) is 20.9 Å². The van der Waals surface area contributed by atoms with E-state index in [1.807, 2.05) is 0 Å². The van der Waals surface area contributed by atoms with Gasteiger partial charge in [-0.1, -0.05) is 0 Å². The first-order chi connectivity index (χ1) is 7.69. The number of carbonyl (C=O) groups is 2. The second-order valence-corrected chi connectivity index (χ2v) is 3.95. The Labute approximate surface area is 98.8 Å². The predicted molar refractivity (Wildman–Crippen MR) is 60.3 cm³/mol. The van der Waals surface area contributed by atoms with Gasteiger partial charge in [0.25, 0.3) is 0 Å². The van der Waals surface area contributed by atoms with Crippen LogP contribution < -0.4 is 10.6 Å². The standard InChI is InChI=1S/C11H16F2N2O2/c1-7(12)5-10(17)15-11(2,3)8(13)6-9(16)14-4/h5-6H,1-4H3,(H,14,16)(H,15,17)/b7-5+,8-6-. The van der Waals surface area contributed by atoms with E-state index in [-0.39, 0.29) is 0 Å². The molecule has 2 N–H and O–H groups in total. The minimum Gasteiger partial charge on any atom is -0.356 e. The van der Waals surface area contributed by atoms with Crippen molar-refractivity contribution in [1.29, 1.82) is 0 Å². The summed E-state index contributed by atoms with van der Waals surface area (Å²) in [5, 5.41) is 4.45. The van der Waals surface area contributed by atoms with Gasteiger partial charge in [0.2, 0.25) is 11.8 Å². The van der Waals surface area contributed by atoms with Gasteiger partial charge in [0.15, 0.2) is 0 Å². The molecule has 4 nitrogen and oxygen atoms in total. The van der Waals surface area contributed by atoms with Gasteiger partial charge in [-0.05, 0) is 20.8 Å². The minimum atomic E-state index is -1.38. The van der Waals surface area contributed by atoms with Crippen molar-refractivity contribution in [2.75, 3.05) is 7.05 Å². The van der Waals surface area contributed by atoms with Crippen LogP contribution in [-0.2, 0) is 9.59 Å². The van der Waals surface area contributed by atoms with Crippen LogP contribution in [0, 0.1) is 0 Å². The fourth-order valence-corrected chi connectivity index (χ4v) is 0.952. The Kier molecular flexibility index (Phi) is 5.50. The zero-order valence-corrected chi connectivity index (χ0v) is 10.2. The minimum absolute atomic E-state index is 0.623. The molecule has 0 aliphatic heterocycles. The molecule has 6 heteroatoms. The van der Waals surface area contributed by atoms with Crippen molar-refractivity contribution in [3.05, 3.63) is 23.8 Å². The van der Waals surface area contributed by atoms with E-state index in [1.54, 1.807) is 0 Å². The van der Waals surface area contributed by atoms with E-state index in [0.29, 0.717) is 6.08 Å². The Morgan fingerprint density at radius 3 is 2.06 bits per heavy atom. The third-order valence-corrected chi connectivity index (χ3v) is 1.87. The maximum Gasteiger partial charge on any atom is 0.247 e. The summed E-state index contributed by atoms with van der Waals surface area (Å²) in [4.78, 5) is 22.1. The van der Waals surface area contributed by atoms with Crippen LogP contribution in [0.1, 0.15) is 20.8 Å². The molecular formula is C11H16F2N2O2. The van der Waals surface area contributed by atoms with Crippen molar-refractivity contribution in [1.82, 2.24) is 10.6 Å². The summed E-state index contributed by atoms with van der Waals surface area (Å²) >= 11 is 0. The van der Waals surface area contributed by atoms with Crippen molar-refractivity contribution >= 4 is 11.8 Å². The zero-order chi connectivity index (χ0) is 13.6. The number of rotatable bonds is 4. The largest absolute Gasteiger partial charge is 0.356 e. The van der Waals surface area contributed by atoms with Crippen LogP contribution in [0.3, 0.4) is 0 Å². The van der Waals surface area contributed by atoms with Gasteiger partial charge in [-0.25, -0.2) is 8.78 Å². The lowest BCUT2D eigenvalue weighted by molar-refractivity contribution is -0.118. The molecule has 2 amide bonds. The Morgan fingerprint density at radius 2 is 1.65 bits per heavy atom. The summed E-state index contributed by atoms with van der Waals surface area (Å²) < 4.78 is 26.0. The molecule has 0 aliphatic carbocycles. The average molecular weight is 246 g/mol. The Bertz CT molecular complexity index is 370. The number of hydrogen-bond acceptors (Lipinski definition) is 2. The molecule has 0 saturated carbocycles. The van der Waals surface area contributed by atoms with Crippen LogP contribution >= 0.6 is 0 Å². The highest BCUT2D eigenvalue weighted by atomic mass is 19.1. The van der Waals surface area contributed by atoms with Crippen molar-refractivity contribution in [2.24, 2.45) is 0 Å². The SMILES string of the molecule is CNC(=O)/C=C(\F)C(C)(C)NC(=O)/C=C(\C)F. The second kappa shape index (κ2) is 6.12. The number of allylic oxidation sites excluding steroid dienone is 1. The lowest BCUT2D eigenvalue weighted by atomic mass is 10.0. The van der Waals surface area contributed by atoms with Gasteiger partial charge in [-0.15, -0.1) is 0 Å². The number of nitrogens with one attached hydrogen (secondary N) is 2. The molecule has 0 saturated heterocycles. The highest BCUT2D eigenvalue weighted by molar-refractivity contribution is 5.90. The average Bonchev–Trinajstić information content (AvgIpc) is 2.14. The molecule has 0 aromatic rings. The molecule has 0 aromatic heterocycles. The summed E-state index contributed by atoms with van der Waals surface area (Å²) in [6.45, 7) is 3.82. The molecule has 0 fully saturated rings. The van der Waals surface area contributed by atoms with Crippen LogP contribution in [-0.4, -0.2) is 24.4 Å². The van der Waals surface area contributed by atoms with Crippen molar-refractivity contribution < 1.29 is 18.4 Å². The maximum atomic E-state index is 13.6. The lowest BCUT2D eigenvalue weighted by Gasteiger charge is -2.23. The second-order valence-electron chi connectivity index (χ2n) is 3.95. The van der Waals surface area contributed by atoms with E-state index >= 15 is 0 Å². The van der Waals surface area contributed by atoms with Gasteiger partial charge in [0.1, 0.15) is 11.7 Å². The fraction of sp³-hybridized carbons (Fsp3) is 0.455. The summed E-state index contributed by atoms with van der Waals surface area (Å²) in [6, 6.07) is 0. The molecule has 17 heavy (non-hydrogen) atoms. The fourth-order valence-electron chi connectivity index (χ4n) is 0.952. The number of carbonyl (C=O) groups excluding carboxylic acids is 2. The number of hydrogen-bond donors (Lipinski definition) is 2. The van der Waals surface area contributed by atoms with Gasteiger partial charge in [-0.2, -0.15) is 0 Å². The smallest absolute Gasteiger partial charge is 0.247 e. The lowest BCUT2D eigenvalue weighted by Crippen LogP contribution is -2.43. The number of halogens is 2. The molecule has 0 heterocycles. The quantitative estimate of drug-likeness (QED) is 0.736. The first-order valence-electron chi connectivity index (χ1n) is 4.94. The highest BCUT2D eigenvalue weighted by Gasteiger charge is 2.26. The molecule has 0 spiro atoms. The molecule has 0 bridgehead atoms. The van der Waals surface area contributed by atoms with Gasteiger partial charge >= 0.3 is 0 Å². The Balaban J connectivity index is 4.79. The zero-order valence-electron chi connectivity index (χ0n) is 10.2. The maximum absolute atomic E-state index is 13.6. The van der Waals surface area contributed by atoms with Gasteiger partial charge in [-0.3, -0.25) is 9.59 Å². The van der Waals surface area contributed by atoms with Crippen LogP contribution in [0.4, 0.5) is 8.78 Å². The van der Waals surface area contributed by atoms with Gasteiger partial charge in [0.05, 0.1) is 5.54 Å². The normalized spacial score (nSPS) is 13.3. The molecule has 0 radical (unpaired) electrons. The molecule has 0 unspecified atom stereocenters. The third-order valence-electron chi connectivity index (χ3n) is 1.87. The first-order valence-corrected chi connectivity index (χ1v) is 4.94. The molecule has 0 atom stereocenters. The Hall–Kier alpha value is -1.72. The van der Waals surface area contributed by atoms with Crippen molar-refractivity contribution in [2.45, 2.75) is 26.3 Å². The van der Waals surface area contributed by atoms with Crippen molar-refractivity contribution in [3.8, 4) is 0 Å². The monoisotopic (exact) mass is 246 g/mol. The summed E-state index contributed by atoms with van der Waals surface area (Å²) in [6.07, 6.45) is 1.43. The summed E-state index contributed by atoms with van der Waals surface area (Å²) in [7, 11) is 1.35. The van der Waals surface area contributed by atoms with Gasteiger partial charge in [0, 0.05) is 19.2 Å². The predicted octanol–water partition coefficient (Wildman–Crippen LogP) is 1.35. The first kappa shape index (κ1) is 15.3. The summed E-state index contributed by atoms with van der Waals surface area (Å²) in [5.41, 5.74) is -1.38. The Morgan fingerprint density at radius 1 is 1.12 bits per heavy atom. The van der Waals surface area contributed by atoms with Crippen LogP contribution in [0.25, 0.3) is 0 Å². The van der Waals surface area contributed by atoms with E-state index in [9.17, 15) is 18.4 Å². The molecule has 0 aromatic carbocycles. The van der Waals surface area contributed by atoms with E-state index in [4.69, 9.17) is 0 Å². The topological polar surface area (TPSA) is 58.2 Å². The van der Waals surface area contributed by atoms with Crippen LogP contribution in [0.15, 0.2) is 23.8 Å². The van der Waals surface area contributed by atoms with E-state index in [2.05, 4.69) is 10.6 Å². The molecule has 0 rings (SSSR count). The van der Waals surface area contributed by atoms with Crippen LogP contribution in [0.5, 0.6) is 0 Å². The summed E-state index contributed by atoms with van der Waals surface area (Å²) in [5.74, 6) is -2.90. The molecule has 96 valence electrons. The van der Waals surface area contributed by atoms with E-state index in [0.717, 1.165) is 13.0 Å². The third kappa shape index (κ3) is 5.79. The highest BCUT2D eigenvalue weighted by Crippen LogP contribution is 2.17. The number of likely N-dealkylation sites (N-methyl/N-ethyl adjacent to an activating group) is 1. The van der Waals surface area contributed by atoms with Crippen molar-refractivity contribution in [3.63, 3.8) is 0 Å². The van der Waals surface area contributed by atoms with E-state index < -0.39 is 29.0 Å².